The van der Waals surface area contributed by atoms with Gasteiger partial charge in [0.05, 0.1) is 0 Å². The summed E-state index contributed by atoms with van der Waals surface area (Å²) in [7, 11) is 0. The summed E-state index contributed by atoms with van der Waals surface area (Å²) in [6.07, 6.45) is 10.0. The van der Waals surface area contributed by atoms with Crippen LogP contribution >= 0.6 is 0 Å². The topological polar surface area (TPSA) is 94.5 Å². The molecule has 1 radical (unpaired) electrons. The van der Waals surface area contributed by atoms with Crippen LogP contribution in [0.15, 0.2) is 18.2 Å². The summed E-state index contributed by atoms with van der Waals surface area (Å²) in [6.45, 7) is 0. The second-order valence-corrected chi connectivity index (χ2v) is 1.00. The molecular weight excluding hydrogens is 175 g/mol. The van der Waals surface area contributed by atoms with E-state index in [2.05, 4.69) is 12.2 Å². The molecule has 0 heterocycles. The summed E-state index contributed by atoms with van der Waals surface area (Å²) in [5.41, 5.74) is 0. The molecule has 10 heavy (non-hydrogen) atoms. The quantitative estimate of drug-likeness (QED) is 0.355. The molecule has 1 rings (SSSR count). The van der Waals surface area contributed by atoms with Gasteiger partial charge in [-0.25, -0.2) is 12.2 Å². The Labute approximate surface area is 72.2 Å². The van der Waals surface area contributed by atoms with Crippen molar-refractivity contribution in [1.82, 2.24) is 0 Å². The van der Waals surface area contributed by atoms with Crippen molar-refractivity contribution in [2.75, 3.05) is 0 Å². The number of hydrogen-bond donors (Lipinski definition) is 0. The van der Waals surface area contributed by atoms with E-state index in [9.17, 15) is 0 Å². The van der Waals surface area contributed by atoms with Crippen LogP contribution in [0.4, 0.5) is 0 Å². The molecule has 63 valence electrons. The molecule has 0 aliphatic heterocycles. The molecule has 0 aromatic carbocycles. The van der Waals surface area contributed by atoms with Crippen LogP contribution < -0.4 is 0 Å². The fourth-order valence-electron chi connectivity index (χ4n) is 0.340. The third kappa shape index (κ3) is 15.7. The SMILES string of the molecule is O.O.O.[C-]1=CC=CC1.[CH3-].[Mn+2]. The van der Waals surface area contributed by atoms with Crippen LogP contribution in [0.5, 0.6) is 0 Å². The Hall–Kier alpha value is -0.121. The van der Waals surface area contributed by atoms with Crippen LogP contribution in [0.3, 0.4) is 0 Å². The number of hydrogen-bond acceptors (Lipinski definition) is 0. The summed E-state index contributed by atoms with van der Waals surface area (Å²) in [6, 6.07) is 0. The van der Waals surface area contributed by atoms with E-state index in [1.165, 1.54) is 0 Å². The molecule has 0 unspecified atom stereocenters. The Kier molecular flexibility index (Phi) is 75.8. The third-order valence-corrected chi connectivity index (χ3v) is 0.586. The first kappa shape index (κ1) is 32.7. The van der Waals surface area contributed by atoms with Gasteiger partial charge in [-0.1, -0.05) is 0 Å². The monoisotopic (exact) mass is 189 g/mol. The second-order valence-electron chi connectivity index (χ2n) is 1.00. The standard InChI is InChI=1S/C5H5.CH3.Mn.3H2O/c1-2-4-5-3-1;;;;;/h1-3H,4H2;1H3;;3*1H2/q2*-1;+2;;;. The van der Waals surface area contributed by atoms with Gasteiger partial charge in [-0.05, 0) is 0 Å². The number of rotatable bonds is 0. The van der Waals surface area contributed by atoms with Gasteiger partial charge < -0.3 is 23.9 Å². The van der Waals surface area contributed by atoms with Gasteiger partial charge in [0, 0.05) is 0 Å². The van der Waals surface area contributed by atoms with Crippen molar-refractivity contribution in [3.8, 4) is 0 Å². The molecule has 0 saturated carbocycles. The molecule has 4 heteroatoms. The van der Waals surface area contributed by atoms with Gasteiger partial charge in [0.25, 0.3) is 0 Å². The minimum Gasteiger partial charge on any atom is -0.412 e. The Morgan fingerprint density at radius 3 is 1.70 bits per heavy atom. The third-order valence-electron chi connectivity index (χ3n) is 0.586. The van der Waals surface area contributed by atoms with Gasteiger partial charge in [0.2, 0.25) is 0 Å². The second kappa shape index (κ2) is 23.2. The van der Waals surface area contributed by atoms with Gasteiger partial charge in [0.1, 0.15) is 0 Å². The van der Waals surface area contributed by atoms with E-state index in [0.717, 1.165) is 6.42 Å². The van der Waals surface area contributed by atoms with Crippen LogP contribution in [-0.4, -0.2) is 16.4 Å². The average molecular weight is 189 g/mol. The Balaban J connectivity index is -0.0000000167. The van der Waals surface area contributed by atoms with E-state index in [0.29, 0.717) is 0 Å². The maximum Gasteiger partial charge on any atom is 2.00 e. The van der Waals surface area contributed by atoms with E-state index < -0.39 is 0 Å². The molecule has 1 aliphatic carbocycles. The van der Waals surface area contributed by atoms with E-state index in [4.69, 9.17) is 0 Å². The molecule has 0 atom stereocenters. The fraction of sp³-hybridized carbons (Fsp3) is 0.167. The van der Waals surface area contributed by atoms with Gasteiger partial charge >= 0.3 is 17.1 Å². The van der Waals surface area contributed by atoms with E-state index in [1.54, 1.807) is 0 Å². The predicted molar refractivity (Wildman–Crippen MR) is 38.8 cm³/mol. The van der Waals surface area contributed by atoms with Gasteiger partial charge in [-0.2, -0.15) is 6.08 Å². The van der Waals surface area contributed by atoms with E-state index in [1.807, 2.05) is 12.2 Å². The molecule has 0 saturated heterocycles. The van der Waals surface area contributed by atoms with Crippen LogP contribution in [-0.2, 0) is 17.1 Å². The van der Waals surface area contributed by atoms with E-state index >= 15 is 0 Å². The maximum absolute atomic E-state index is 2.99. The maximum atomic E-state index is 2.99. The summed E-state index contributed by atoms with van der Waals surface area (Å²) >= 11 is 0. The first-order chi connectivity index (χ1) is 2.50. The Bertz CT molecular complexity index is 71.1. The molecule has 0 amide bonds. The summed E-state index contributed by atoms with van der Waals surface area (Å²) in [5, 5.41) is 0. The zero-order valence-electron chi connectivity index (χ0n) is 5.82. The van der Waals surface area contributed by atoms with Crippen molar-refractivity contribution in [3.63, 3.8) is 0 Å². The molecule has 0 aromatic heterocycles. The predicted octanol–water partition coefficient (Wildman–Crippen LogP) is -0.721. The van der Waals surface area contributed by atoms with Crippen molar-refractivity contribution in [2.45, 2.75) is 6.42 Å². The largest absolute Gasteiger partial charge is 2.00 e. The van der Waals surface area contributed by atoms with Gasteiger partial charge in [-0.15, -0.1) is 6.42 Å². The minimum atomic E-state index is 0. The van der Waals surface area contributed by atoms with Gasteiger partial charge in [-0.3, -0.25) is 6.08 Å². The molecule has 0 bridgehead atoms. The zero-order valence-corrected chi connectivity index (χ0v) is 7.00. The first-order valence-corrected chi connectivity index (χ1v) is 1.72. The molecule has 3 nitrogen and oxygen atoms in total. The van der Waals surface area contributed by atoms with Crippen molar-refractivity contribution < 1.29 is 33.5 Å². The molecule has 0 aromatic rings. The van der Waals surface area contributed by atoms with Gasteiger partial charge in [0.15, 0.2) is 0 Å². The number of allylic oxidation sites excluding steroid dienone is 4. The van der Waals surface area contributed by atoms with E-state index in [-0.39, 0.29) is 40.9 Å². The average Bonchev–Trinajstić information content (AvgIpc) is 1.76. The van der Waals surface area contributed by atoms with Crippen LogP contribution in [0.25, 0.3) is 0 Å². The minimum absolute atomic E-state index is 0. The van der Waals surface area contributed by atoms with Crippen molar-refractivity contribution in [2.24, 2.45) is 0 Å². The summed E-state index contributed by atoms with van der Waals surface area (Å²) in [5.74, 6) is 0. The molecular formula is C6H14MnO3. The molecule has 6 N–H and O–H groups in total. The molecule has 0 spiro atoms. The fourth-order valence-corrected chi connectivity index (χ4v) is 0.340. The van der Waals surface area contributed by atoms with Crippen LogP contribution in [0, 0.1) is 13.5 Å². The zero-order chi connectivity index (χ0) is 3.54. The smallest absolute Gasteiger partial charge is 0.412 e. The Morgan fingerprint density at radius 2 is 1.60 bits per heavy atom. The first-order valence-electron chi connectivity index (χ1n) is 1.72. The van der Waals surface area contributed by atoms with Crippen molar-refractivity contribution in [3.05, 3.63) is 31.7 Å². The van der Waals surface area contributed by atoms with Crippen LogP contribution in [0.1, 0.15) is 6.42 Å². The van der Waals surface area contributed by atoms with Crippen molar-refractivity contribution >= 4 is 0 Å². The van der Waals surface area contributed by atoms with Crippen molar-refractivity contribution in [1.29, 1.82) is 0 Å². The van der Waals surface area contributed by atoms with Crippen LogP contribution in [0.2, 0.25) is 0 Å². The molecule has 1 aliphatic rings. The summed E-state index contributed by atoms with van der Waals surface area (Å²) in [4.78, 5) is 0. The summed E-state index contributed by atoms with van der Waals surface area (Å²) < 4.78 is 0. The Morgan fingerprint density at radius 1 is 1.10 bits per heavy atom. The normalized spacial score (nSPS) is 8.80. The molecule has 0 fully saturated rings.